The average Bonchev–Trinajstić information content (AvgIpc) is 3.16. The Kier molecular flexibility index (Phi) is 4.24. The molecule has 1 saturated carbocycles. The summed E-state index contributed by atoms with van der Waals surface area (Å²) in [6, 6.07) is 11.2. The molecule has 0 bridgehead atoms. The van der Waals surface area contributed by atoms with Gasteiger partial charge >= 0.3 is 0 Å². The van der Waals surface area contributed by atoms with Gasteiger partial charge in [-0.1, -0.05) is 18.2 Å². The predicted molar refractivity (Wildman–Crippen MR) is 76.0 cm³/mol. The van der Waals surface area contributed by atoms with Gasteiger partial charge < -0.3 is 10.1 Å². The monoisotopic (exact) mass is 263 g/mol. The Morgan fingerprint density at radius 3 is 2.78 bits per heavy atom. The van der Waals surface area contributed by atoms with Crippen LogP contribution in [0.4, 0.5) is 0 Å². The first-order chi connectivity index (χ1) is 8.93. The van der Waals surface area contributed by atoms with Gasteiger partial charge in [0.1, 0.15) is 0 Å². The van der Waals surface area contributed by atoms with E-state index in [0.29, 0.717) is 12.1 Å². The summed E-state index contributed by atoms with van der Waals surface area (Å²) in [4.78, 5) is 1.36. The molecule has 0 radical (unpaired) electrons. The Hall–Kier alpha value is -0.510. The zero-order valence-corrected chi connectivity index (χ0v) is 11.5. The smallest absolute Gasteiger partial charge is 0.0756 e. The molecule has 0 spiro atoms. The lowest BCUT2D eigenvalue weighted by Crippen LogP contribution is -2.38. The molecule has 98 valence electrons. The summed E-state index contributed by atoms with van der Waals surface area (Å²) in [6.07, 6.45) is 4.45. The van der Waals surface area contributed by atoms with Gasteiger partial charge in [0, 0.05) is 29.8 Å². The molecule has 1 heterocycles. The van der Waals surface area contributed by atoms with Crippen molar-refractivity contribution in [3.63, 3.8) is 0 Å². The fourth-order valence-electron chi connectivity index (χ4n) is 2.65. The highest BCUT2D eigenvalue weighted by molar-refractivity contribution is 7.99. The van der Waals surface area contributed by atoms with Gasteiger partial charge in [0.25, 0.3) is 0 Å². The Morgan fingerprint density at radius 1 is 1.17 bits per heavy atom. The van der Waals surface area contributed by atoms with Crippen molar-refractivity contribution in [2.24, 2.45) is 5.92 Å². The zero-order valence-electron chi connectivity index (χ0n) is 10.7. The molecule has 18 heavy (non-hydrogen) atoms. The van der Waals surface area contributed by atoms with Crippen LogP contribution in [0.5, 0.6) is 0 Å². The molecule has 2 nitrogen and oxygen atoms in total. The van der Waals surface area contributed by atoms with Crippen molar-refractivity contribution in [3.05, 3.63) is 30.3 Å². The van der Waals surface area contributed by atoms with Crippen LogP contribution in [0.2, 0.25) is 0 Å². The topological polar surface area (TPSA) is 21.3 Å². The third kappa shape index (κ3) is 3.28. The highest BCUT2D eigenvalue weighted by Crippen LogP contribution is 2.38. The zero-order chi connectivity index (χ0) is 12.2. The first kappa shape index (κ1) is 12.5. The summed E-state index contributed by atoms with van der Waals surface area (Å²) >= 11 is 1.93. The second-order valence-electron chi connectivity index (χ2n) is 5.18. The van der Waals surface area contributed by atoms with Gasteiger partial charge in [0.15, 0.2) is 0 Å². The van der Waals surface area contributed by atoms with Gasteiger partial charge in [-0.25, -0.2) is 0 Å². The lowest BCUT2D eigenvalue weighted by Gasteiger charge is -2.19. The lowest BCUT2D eigenvalue weighted by atomic mass is 10.1. The van der Waals surface area contributed by atoms with Crippen LogP contribution in [-0.2, 0) is 4.74 Å². The molecule has 2 aliphatic rings. The van der Waals surface area contributed by atoms with Gasteiger partial charge in [0.05, 0.1) is 6.10 Å². The van der Waals surface area contributed by atoms with Crippen LogP contribution in [0.25, 0.3) is 0 Å². The molecule has 2 fully saturated rings. The number of ether oxygens (including phenoxy) is 1. The molecule has 2 unspecified atom stereocenters. The molecule has 3 rings (SSSR count). The second-order valence-corrected chi connectivity index (χ2v) is 6.35. The van der Waals surface area contributed by atoms with Crippen LogP contribution in [0, 0.1) is 5.92 Å². The van der Waals surface area contributed by atoms with Gasteiger partial charge in [-0.15, -0.1) is 11.8 Å². The van der Waals surface area contributed by atoms with Crippen molar-refractivity contribution in [2.75, 3.05) is 18.9 Å². The Labute approximate surface area is 113 Å². The minimum atomic E-state index is 0.506. The van der Waals surface area contributed by atoms with E-state index in [1.165, 1.54) is 24.2 Å². The van der Waals surface area contributed by atoms with Crippen molar-refractivity contribution in [1.82, 2.24) is 5.32 Å². The molecule has 0 aromatic heterocycles. The van der Waals surface area contributed by atoms with E-state index in [1.54, 1.807) is 0 Å². The minimum absolute atomic E-state index is 0.506. The first-order valence-electron chi connectivity index (χ1n) is 6.96. The molecule has 1 saturated heterocycles. The molecule has 1 aliphatic carbocycles. The summed E-state index contributed by atoms with van der Waals surface area (Å²) in [7, 11) is 0. The summed E-state index contributed by atoms with van der Waals surface area (Å²) in [5.41, 5.74) is 0. The van der Waals surface area contributed by atoms with E-state index in [2.05, 4.69) is 35.6 Å². The van der Waals surface area contributed by atoms with Gasteiger partial charge in [-0.3, -0.25) is 0 Å². The molecule has 0 amide bonds. The van der Waals surface area contributed by atoms with E-state index in [1.807, 2.05) is 11.8 Å². The highest BCUT2D eigenvalue weighted by atomic mass is 32.2. The predicted octanol–water partition coefficient (Wildman–Crippen LogP) is 2.94. The quantitative estimate of drug-likeness (QED) is 0.630. The Bertz CT molecular complexity index is 366. The largest absolute Gasteiger partial charge is 0.376 e. The normalized spacial score (nSPS) is 27.6. The Balaban J connectivity index is 1.37. The van der Waals surface area contributed by atoms with E-state index in [9.17, 15) is 0 Å². The lowest BCUT2D eigenvalue weighted by molar-refractivity contribution is 0.0816. The van der Waals surface area contributed by atoms with Crippen LogP contribution in [0.3, 0.4) is 0 Å². The van der Waals surface area contributed by atoms with Crippen molar-refractivity contribution < 1.29 is 4.74 Å². The van der Waals surface area contributed by atoms with E-state index in [4.69, 9.17) is 4.74 Å². The standard InChI is InChI=1S/C15H21NOS/c1-2-4-13(5-3-1)18-11-9-16-14-8-10-17-15(14)12-6-7-12/h1-5,12,14-16H,6-11H2. The molecule has 2 atom stereocenters. The van der Waals surface area contributed by atoms with E-state index in [0.717, 1.165) is 24.8 Å². The molecule has 1 N–H and O–H groups in total. The van der Waals surface area contributed by atoms with Crippen molar-refractivity contribution in [1.29, 1.82) is 0 Å². The number of benzene rings is 1. The summed E-state index contributed by atoms with van der Waals surface area (Å²) in [5, 5.41) is 3.68. The van der Waals surface area contributed by atoms with Crippen LogP contribution >= 0.6 is 11.8 Å². The molecular weight excluding hydrogens is 242 g/mol. The fraction of sp³-hybridized carbons (Fsp3) is 0.600. The molecule has 1 aromatic rings. The third-order valence-electron chi connectivity index (χ3n) is 3.74. The first-order valence-corrected chi connectivity index (χ1v) is 7.95. The van der Waals surface area contributed by atoms with Crippen molar-refractivity contribution >= 4 is 11.8 Å². The van der Waals surface area contributed by atoms with Crippen LogP contribution < -0.4 is 5.32 Å². The minimum Gasteiger partial charge on any atom is -0.376 e. The summed E-state index contributed by atoms with van der Waals surface area (Å²) in [6.45, 7) is 2.03. The SMILES string of the molecule is c1ccc(SCCNC2CCOC2C2CC2)cc1. The number of rotatable bonds is 6. The van der Waals surface area contributed by atoms with E-state index < -0.39 is 0 Å². The Morgan fingerprint density at radius 2 is 2.00 bits per heavy atom. The molecular formula is C15H21NOS. The number of nitrogens with one attached hydrogen (secondary N) is 1. The van der Waals surface area contributed by atoms with Crippen molar-refractivity contribution in [2.45, 2.75) is 36.3 Å². The molecule has 3 heteroatoms. The maximum absolute atomic E-state index is 5.84. The van der Waals surface area contributed by atoms with Gasteiger partial charge in [0.2, 0.25) is 0 Å². The molecule has 1 aromatic carbocycles. The van der Waals surface area contributed by atoms with Gasteiger partial charge in [-0.05, 0) is 37.3 Å². The maximum atomic E-state index is 5.84. The third-order valence-corrected chi connectivity index (χ3v) is 4.76. The molecule has 1 aliphatic heterocycles. The number of hydrogen-bond donors (Lipinski definition) is 1. The van der Waals surface area contributed by atoms with Crippen molar-refractivity contribution in [3.8, 4) is 0 Å². The van der Waals surface area contributed by atoms with Gasteiger partial charge in [-0.2, -0.15) is 0 Å². The fourth-order valence-corrected chi connectivity index (χ4v) is 3.45. The van der Waals surface area contributed by atoms with Crippen LogP contribution in [0.1, 0.15) is 19.3 Å². The van der Waals surface area contributed by atoms with Crippen LogP contribution in [-0.4, -0.2) is 31.1 Å². The van der Waals surface area contributed by atoms with E-state index >= 15 is 0 Å². The summed E-state index contributed by atoms with van der Waals surface area (Å²) < 4.78 is 5.84. The maximum Gasteiger partial charge on any atom is 0.0756 e. The number of thioether (sulfide) groups is 1. The second kappa shape index (κ2) is 6.09. The summed E-state index contributed by atoms with van der Waals surface area (Å²) in [5.74, 6) is 1.99. The number of hydrogen-bond acceptors (Lipinski definition) is 3. The van der Waals surface area contributed by atoms with Crippen LogP contribution in [0.15, 0.2) is 35.2 Å². The van der Waals surface area contributed by atoms with E-state index in [-0.39, 0.29) is 0 Å². The average molecular weight is 263 g/mol. The highest BCUT2D eigenvalue weighted by Gasteiger charge is 2.40.